The molecule has 0 radical (unpaired) electrons. The highest BCUT2D eigenvalue weighted by Gasteiger charge is 2.02. The number of rotatable bonds is 18. The van der Waals surface area contributed by atoms with Crippen molar-refractivity contribution in [1.29, 1.82) is 0 Å². The van der Waals surface area contributed by atoms with E-state index in [-0.39, 0.29) is 12.7 Å². The van der Waals surface area contributed by atoms with Crippen LogP contribution in [0.1, 0.15) is 90.4 Å². The Balaban J connectivity index is 3.00. The van der Waals surface area contributed by atoms with E-state index in [1.807, 2.05) is 21.6 Å². The predicted molar refractivity (Wildman–Crippen MR) is 104 cm³/mol. The van der Waals surface area contributed by atoms with E-state index in [1.54, 1.807) is 0 Å². The van der Waals surface area contributed by atoms with Crippen molar-refractivity contribution in [2.75, 3.05) is 18.1 Å². The quantitative estimate of drug-likeness (QED) is 0.242. The zero-order chi connectivity index (χ0) is 16.3. The zero-order valence-corrected chi connectivity index (χ0v) is 16.2. The van der Waals surface area contributed by atoms with Crippen molar-refractivity contribution < 1.29 is 10.2 Å². The molecule has 0 amide bonds. The average molecular weight is 351 g/mol. The van der Waals surface area contributed by atoms with Crippen LogP contribution in [0.5, 0.6) is 0 Å². The number of unbranched alkanes of at least 4 members (excludes halogenated alkanes) is 10. The van der Waals surface area contributed by atoms with Gasteiger partial charge in [0.1, 0.15) is 0 Å². The monoisotopic (exact) mass is 350 g/mol. The van der Waals surface area contributed by atoms with Crippen LogP contribution in [0.15, 0.2) is 0 Å². The van der Waals surface area contributed by atoms with Crippen LogP contribution in [-0.2, 0) is 0 Å². The largest absolute Gasteiger partial charge is 0.396 e. The predicted octanol–water partition coefficient (Wildman–Crippen LogP) is 5.81. The average Bonchev–Trinajstić information content (AvgIpc) is 2.51. The van der Waals surface area contributed by atoms with E-state index in [0.29, 0.717) is 6.42 Å². The first-order valence-corrected chi connectivity index (χ1v) is 11.8. The molecule has 2 N–H and O–H groups in total. The first kappa shape index (κ1) is 22.6. The lowest BCUT2D eigenvalue weighted by Gasteiger charge is -2.07. The van der Waals surface area contributed by atoms with E-state index in [9.17, 15) is 5.11 Å². The third kappa shape index (κ3) is 18.7. The van der Waals surface area contributed by atoms with Gasteiger partial charge in [-0.2, -0.15) is 0 Å². The smallest absolute Gasteiger partial charge is 0.0570 e. The van der Waals surface area contributed by atoms with Gasteiger partial charge in [-0.05, 0) is 19.3 Å². The molecule has 0 aliphatic carbocycles. The van der Waals surface area contributed by atoms with Crippen LogP contribution >= 0.6 is 21.6 Å². The second-order valence-corrected chi connectivity index (χ2v) is 8.84. The van der Waals surface area contributed by atoms with Crippen LogP contribution in [0.3, 0.4) is 0 Å². The van der Waals surface area contributed by atoms with E-state index >= 15 is 0 Å². The molecule has 0 aliphatic rings. The molecule has 4 heteroatoms. The minimum atomic E-state index is -0.319. The Labute approximate surface area is 146 Å². The first-order chi connectivity index (χ1) is 10.8. The SMILES string of the molecule is CCCCCCCCCCCCCSSCCC(O)CCO. The highest BCUT2D eigenvalue weighted by Crippen LogP contribution is 2.24. The lowest BCUT2D eigenvalue weighted by atomic mass is 10.1. The molecule has 0 heterocycles. The van der Waals surface area contributed by atoms with Crippen LogP contribution in [0, 0.1) is 0 Å². The summed E-state index contributed by atoms with van der Waals surface area (Å²) in [5, 5.41) is 18.2. The number of hydrogen-bond donors (Lipinski definition) is 2. The second kappa shape index (κ2) is 19.7. The van der Waals surface area contributed by atoms with Crippen molar-refractivity contribution in [1.82, 2.24) is 0 Å². The summed E-state index contributed by atoms with van der Waals surface area (Å²) in [5.74, 6) is 2.22. The third-order valence-corrected chi connectivity index (χ3v) is 6.44. The van der Waals surface area contributed by atoms with Gasteiger partial charge in [-0.3, -0.25) is 0 Å². The summed E-state index contributed by atoms with van der Waals surface area (Å²) in [4.78, 5) is 0. The van der Waals surface area contributed by atoms with Gasteiger partial charge in [0.05, 0.1) is 6.10 Å². The molecular formula is C18H38O2S2. The summed E-state index contributed by atoms with van der Waals surface area (Å²) >= 11 is 0. The van der Waals surface area contributed by atoms with Crippen molar-refractivity contribution in [2.24, 2.45) is 0 Å². The van der Waals surface area contributed by atoms with E-state index in [2.05, 4.69) is 6.92 Å². The summed E-state index contributed by atoms with van der Waals surface area (Å²) < 4.78 is 0. The van der Waals surface area contributed by atoms with Gasteiger partial charge in [-0.25, -0.2) is 0 Å². The Hall–Kier alpha value is 0.620. The number of hydrogen-bond acceptors (Lipinski definition) is 4. The molecule has 0 bridgehead atoms. The van der Waals surface area contributed by atoms with Crippen molar-refractivity contribution in [3.8, 4) is 0 Å². The van der Waals surface area contributed by atoms with Gasteiger partial charge in [0.25, 0.3) is 0 Å². The van der Waals surface area contributed by atoms with Crippen LogP contribution in [0.2, 0.25) is 0 Å². The maximum Gasteiger partial charge on any atom is 0.0570 e. The molecule has 1 unspecified atom stereocenters. The Bertz CT molecular complexity index is 204. The Morgan fingerprint density at radius 1 is 0.682 bits per heavy atom. The van der Waals surface area contributed by atoms with Crippen LogP contribution in [0.4, 0.5) is 0 Å². The molecule has 22 heavy (non-hydrogen) atoms. The third-order valence-electron chi connectivity index (χ3n) is 3.91. The molecule has 1 atom stereocenters. The summed E-state index contributed by atoms with van der Waals surface area (Å²) in [5.41, 5.74) is 0. The van der Waals surface area contributed by atoms with Crippen LogP contribution in [-0.4, -0.2) is 34.4 Å². The van der Waals surface area contributed by atoms with Gasteiger partial charge in [0, 0.05) is 18.1 Å². The van der Waals surface area contributed by atoms with Gasteiger partial charge in [-0.15, -0.1) is 0 Å². The van der Waals surface area contributed by atoms with Gasteiger partial charge >= 0.3 is 0 Å². The Morgan fingerprint density at radius 3 is 1.73 bits per heavy atom. The van der Waals surface area contributed by atoms with Gasteiger partial charge < -0.3 is 10.2 Å². The van der Waals surface area contributed by atoms with Gasteiger partial charge in [-0.1, -0.05) is 92.7 Å². The molecule has 0 rings (SSSR count). The molecule has 0 aromatic rings. The molecule has 0 spiro atoms. The van der Waals surface area contributed by atoms with Gasteiger partial charge in [0.15, 0.2) is 0 Å². The standard InChI is InChI=1S/C18H38O2S2/c1-2-3-4-5-6-7-8-9-10-11-12-16-21-22-17-14-18(20)13-15-19/h18-20H,2-17H2,1H3. The van der Waals surface area contributed by atoms with Crippen molar-refractivity contribution in [3.63, 3.8) is 0 Å². The van der Waals surface area contributed by atoms with E-state index in [4.69, 9.17) is 5.11 Å². The highest BCUT2D eigenvalue weighted by atomic mass is 33.1. The summed E-state index contributed by atoms with van der Waals surface area (Å²) in [6.45, 7) is 2.37. The normalized spacial score (nSPS) is 12.7. The maximum absolute atomic E-state index is 9.47. The second-order valence-electron chi connectivity index (χ2n) is 6.13. The zero-order valence-electron chi connectivity index (χ0n) is 14.6. The molecule has 0 saturated carbocycles. The number of aliphatic hydroxyl groups is 2. The fourth-order valence-electron chi connectivity index (χ4n) is 2.42. The van der Waals surface area contributed by atoms with Crippen molar-refractivity contribution in [2.45, 2.75) is 96.5 Å². The van der Waals surface area contributed by atoms with E-state index < -0.39 is 0 Å². The fourth-order valence-corrected chi connectivity index (χ4v) is 4.70. The minimum Gasteiger partial charge on any atom is -0.396 e. The summed E-state index contributed by atoms with van der Waals surface area (Å²) in [6, 6.07) is 0. The molecule has 0 fully saturated rings. The highest BCUT2D eigenvalue weighted by molar-refractivity contribution is 8.76. The molecule has 0 aliphatic heterocycles. The fraction of sp³-hybridized carbons (Fsp3) is 1.00. The van der Waals surface area contributed by atoms with Gasteiger partial charge in [0.2, 0.25) is 0 Å². The van der Waals surface area contributed by atoms with Crippen molar-refractivity contribution >= 4 is 21.6 Å². The van der Waals surface area contributed by atoms with Crippen LogP contribution in [0.25, 0.3) is 0 Å². The first-order valence-electron chi connectivity index (χ1n) is 9.34. The minimum absolute atomic E-state index is 0.0950. The van der Waals surface area contributed by atoms with E-state index in [1.165, 1.54) is 76.4 Å². The molecule has 0 aromatic carbocycles. The van der Waals surface area contributed by atoms with E-state index in [0.717, 1.165) is 12.2 Å². The molecule has 0 aromatic heterocycles. The van der Waals surface area contributed by atoms with Crippen LogP contribution < -0.4 is 0 Å². The molecule has 134 valence electrons. The molecule has 0 saturated heterocycles. The Kier molecular flexibility index (Phi) is 20.2. The summed E-state index contributed by atoms with van der Waals surface area (Å²) in [6.07, 6.45) is 16.4. The Morgan fingerprint density at radius 2 is 1.18 bits per heavy atom. The van der Waals surface area contributed by atoms with Crippen molar-refractivity contribution in [3.05, 3.63) is 0 Å². The molecular weight excluding hydrogens is 312 g/mol. The topological polar surface area (TPSA) is 40.5 Å². The lowest BCUT2D eigenvalue weighted by Crippen LogP contribution is -2.09. The molecule has 2 nitrogen and oxygen atoms in total. The summed E-state index contributed by atoms with van der Waals surface area (Å²) in [7, 11) is 3.80. The number of aliphatic hydroxyl groups excluding tert-OH is 2. The lowest BCUT2D eigenvalue weighted by molar-refractivity contribution is 0.130. The maximum atomic E-state index is 9.47.